The van der Waals surface area contributed by atoms with Gasteiger partial charge in [0.25, 0.3) is 0 Å². The lowest BCUT2D eigenvalue weighted by atomic mass is 9.98. The smallest absolute Gasteiger partial charge is 0.240 e. The van der Waals surface area contributed by atoms with Gasteiger partial charge in [-0.2, -0.15) is 5.10 Å². The summed E-state index contributed by atoms with van der Waals surface area (Å²) in [6.45, 7) is 3.00. The van der Waals surface area contributed by atoms with E-state index < -0.39 is 0 Å². The zero-order valence-corrected chi connectivity index (χ0v) is 25.9. The van der Waals surface area contributed by atoms with Crippen molar-refractivity contribution in [2.75, 3.05) is 44.6 Å². The first-order chi connectivity index (χ1) is 21.5. The van der Waals surface area contributed by atoms with E-state index in [9.17, 15) is 9.59 Å². The molecule has 0 spiro atoms. The van der Waals surface area contributed by atoms with Gasteiger partial charge in [0.1, 0.15) is 23.9 Å². The number of carbonyl (C=O) groups is 2. The highest BCUT2D eigenvalue weighted by Gasteiger charge is 2.39. The first-order valence-electron chi connectivity index (χ1n) is 14.7. The maximum atomic E-state index is 14.0. The molecule has 2 amide bonds. The van der Waals surface area contributed by atoms with Crippen LogP contribution in [0.5, 0.6) is 11.5 Å². The van der Waals surface area contributed by atoms with Gasteiger partial charge in [0, 0.05) is 29.8 Å². The Labute approximate surface area is 261 Å². The molecule has 2 aliphatic heterocycles. The van der Waals surface area contributed by atoms with Crippen LogP contribution in [0.3, 0.4) is 0 Å². The van der Waals surface area contributed by atoms with E-state index in [1.54, 1.807) is 23.8 Å². The molecule has 1 N–H and O–H groups in total. The predicted octanol–water partition coefficient (Wildman–Crippen LogP) is 5.33. The predicted molar refractivity (Wildman–Crippen MR) is 172 cm³/mol. The van der Waals surface area contributed by atoms with Crippen LogP contribution in [0.2, 0.25) is 0 Å². The molecule has 44 heavy (non-hydrogen) atoms. The molecule has 4 aromatic rings. The number of ether oxygens (including phenoxy) is 3. The van der Waals surface area contributed by atoms with Crippen molar-refractivity contribution in [3.8, 4) is 28.4 Å². The Balaban J connectivity index is 1.55. The van der Waals surface area contributed by atoms with Gasteiger partial charge in [0.15, 0.2) is 0 Å². The highest BCUT2D eigenvalue weighted by atomic mass is 32.2. The molecule has 0 aliphatic carbocycles. The summed E-state index contributed by atoms with van der Waals surface area (Å²) in [5, 5.41) is 7.81. The Morgan fingerprint density at radius 2 is 1.86 bits per heavy atom. The normalized spacial score (nSPS) is 18.1. The molecule has 2 atom stereocenters. The summed E-state index contributed by atoms with van der Waals surface area (Å²) in [5.41, 5.74) is 5.20. The SMILES string of the molecule is COc1ccc(OC)c([C@@H]2SCC(=O)N(CC(=O)NC[C@H]3CCCO3)c3c2c(-c2ccccc2)nn3-c2ccc(C)cc2)c1. The van der Waals surface area contributed by atoms with Gasteiger partial charge < -0.3 is 19.5 Å². The molecule has 1 fully saturated rings. The van der Waals surface area contributed by atoms with Crippen molar-refractivity contribution in [3.05, 3.63) is 89.5 Å². The van der Waals surface area contributed by atoms with E-state index in [1.165, 1.54) is 11.8 Å². The largest absolute Gasteiger partial charge is 0.497 e. The second kappa shape index (κ2) is 13.2. The molecule has 0 bridgehead atoms. The summed E-state index contributed by atoms with van der Waals surface area (Å²) in [6.07, 6.45) is 1.89. The third-order valence-electron chi connectivity index (χ3n) is 7.99. The Bertz CT molecular complexity index is 1630. The number of hydrogen-bond donors (Lipinski definition) is 1. The minimum absolute atomic E-state index is 0.00224. The number of hydrogen-bond acceptors (Lipinski definition) is 7. The van der Waals surface area contributed by atoms with Crippen molar-refractivity contribution >= 4 is 29.4 Å². The van der Waals surface area contributed by atoms with Crippen LogP contribution in [0.4, 0.5) is 5.82 Å². The second-order valence-corrected chi connectivity index (χ2v) is 12.0. The van der Waals surface area contributed by atoms with E-state index in [4.69, 9.17) is 19.3 Å². The van der Waals surface area contributed by atoms with Crippen molar-refractivity contribution in [1.82, 2.24) is 15.1 Å². The molecule has 0 saturated carbocycles. The van der Waals surface area contributed by atoms with Crippen molar-refractivity contribution < 1.29 is 23.8 Å². The Kier molecular flexibility index (Phi) is 8.90. The minimum atomic E-state index is -0.353. The first kappa shape index (κ1) is 29.8. The van der Waals surface area contributed by atoms with E-state index in [0.29, 0.717) is 30.5 Å². The van der Waals surface area contributed by atoms with E-state index in [-0.39, 0.29) is 35.5 Å². The second-order valence-electron chi connectivity index (χ2n) is 10.9. The maximum absolute atomic E-state index is 14.0. The molecule has 2 aliphatic rings. The molecular formula is C34H36N4O5S. The minimum Gasteiger partial charge on any atom is -0.497 e. The fraction of sp³-hybridized carbons (Fsp3) is 0.324. The lowest BCUT2D eigenvalue weighted by molar-refractivity contribution is -0.123. The lowest BCUT2D eigenvalue weighted by Crippen LogP contribution is -2.44. The molecule has 0 unspecified atom stereocenters. The Morgan fingerprint density at radius 3 is 2.57 bits per heavy atom. The van der Waals surface area contributed by atoms with E-state index in [2.05, 4.69) is 5.32 Å². The number of anilines is 1. The number of thioether (sulfide) groups is 1. The molecule has 228 valence electrons. The van der Waals surface area contributed by atoms with Gasteiger partial charge in [0.05, 0.1) is 42.7 Å². The molecule has 1 aromatic heterocycles. The van der Waals surface area contributed by atoms with Gasteiger partial charge in [-0.25, -0.2) is 4.68 Å². The van der Waals surface area contributed by atoms with Crippen LogP contribution in [-0.2, 0) is 14.3 Å². The molecular weight excluding hydrogens is 576 g/mol. The quantitative estimate of drug-likeness (QED) is 0.273. The number of aromatic nitrogens is 2. The maximum Gasteiger partial charge on any atom is 0.240 e. The number of nitrogens with zero attached hydrogens (tertiary/aromatic N) is 3. The topological polar surface area (TPSA) is 94.9 Å². The number of aryl methyl sites for hydroxylation is 1. The van der Waals surface area contributed by atoms with Gasteiger partial charge in [0.2, 0.25) is 11.8 Å². The number of fused-ring (bicyclic) bond motifs is 1. The first-order valence-corrected chi connectivity index (χ1v) is 15.8. The fourth-order valence-corrected chi connectivity index (χ4v) is 6.93. The van der Waals surface area contributed by atoms with Crippen LogP contribution in [0.1, 0.15) is 34.8 Å². The number of rotatable bonds is 9. The summed E-state index contributed by atoms with van der Waals surface area (Å²) >= 11 is 1.49. The molecule has 10 heteroatoms. The molecule has 9 nitrogen and oxygen atoms in total. The van der Waals surface area contributed by atoms with Crippen molar-refractivity contribution in [2.24, 2.45) is 0 Å². The zero-order chi connectivity index (χ0) is 30.6. The van der Waals surface area contributed by atoms with Crippen LogP contribution in [-0.4, -0.2) is 67.4 Å². The summed E-state index contributed by atoms with van der Waals surface area (Å²) < 4.78 is 18.9. The van der Waals surface area contributed by atoms with Gasteiger partial charge in [-0.15, -0.1) is 11.8 Å². The van der Waals surface area contributed by atoms with Crippen LogP contribution in [0, 0.1) is 6.92 Å². The van der Waals surface area contributed by atoms with Crippen LogP contribution < -0.4 is 19.7 Å². The van der Waals surface area contributed by atoms with Gasteiger partial charge >= 0.3 is 0 Å². The van der Waals surface area contributed by atoms with Crippen LogP contribution in [0.15, 0.2) is 72.8 Å². The number of benzene rings is 3. The van der Waals surface area contributed by atoms with Gasteiger partial charge in [-0.05, 0) is 50.1 Å². The van der Waals surface area contributed by atoms with Crippen LogP contribution in [0.25, 0.3) is 16.9 Å². The summed E-state index contributed by atoms with van der Waals surface area (Å²) in [6, 6.07) is 23.6. The average molecular weight is 613 g/mol. The highest BCUT2D eigenvalue weighted by Crippen LogP contribution is 2.51. The average Bonchev–Trinajstić information content (AvgIpc) is 3.69. The monoisotopic (exact) mass is 612 g/mol. The number of amides is 2. The number of methoxy groups -OCH3 is 2. The third-order valence-corrected chi connectivity index (χ3v) is 9.22. The van der Waals surface area contributed by atoms with Crippen molar-refractivity contribution in [1.29, 1.82) is 0 Å². The molecule has 1 saturated heterocycles. The highest BCUT2D eigenvalue weighted by molar-refractivity contribution is 8.00. The van der Waals surface area contributed by atoms with Crippen LogP contribution >= 0.6 is 11.8 Å². The summed E-state index contributed by atoms with van der Waals surface area (Å²) in [5.74, 6) is 1.63. The van der Waals surface area contributed by atoms with Crippen molar-refractivity contribution in [3.63, 3.8) is 0 Å². The zero-order valence-electron chi connectivity index (χ0n) is 25.1. The Morgan fingerprint density at radius 1 is 1.07 bits per heavy atom. The number of nitrogens with one attached hydrogen (secondary N) is 1. The van der Waals surface area contributed by atoms with E-state index in [0.717, 1.165) is 46.5 Å². The third kappa shape index (κ3) is 6.05. The number of carbonyl (C=O) groups excluding carboxylic acids is 2. The Hall–Kier alpha value is -4.28. The standard InChI is InChI=1S/C34H36N4O5S/c1-22-11-13-24(14-12-22)38-34-31(32(36-38)23-8-5-4-6-9-23)33(27-18-25(41-2)15-16-28(27)42-3)44-21-30(40)37(34)20-29(39)35-19-26-10-7-17-43-26/h4-6,8-9,11-16,18,26,33H,7,10,17,19-21H2,1-3H3,(H,35,39)/t26-,33+/m1/s1. The fourth-order valence-electron chi connectivity index (χ4n) is 5.72. The molecule has 3 heterocycles. The van der Waals surface area contributed by atoms with Crippen molar-refractivity contribution in [2.45, 2.75) is 31.1 Å². The summed E-state index contributed by atoms with van der Waals surface area (Å²) in [4.78, 5) is 29.0. The molecule has 0 radical (unpaired) electrons. The van der Waals surface area contributed by atoms with E-state index >= 15 is 0 Å². The lowest BCUT2D eigenvalue weighted by Gasteiger charge is -2.24. The molecule has 3 aromatic carbocycles. The van der Waals surface area contributed by atoms with Gasteiger partial charge in [-0.3, -0.25) is 14.5 Å². The molecule has 6 rings (SSSR count). The van der Waals surface area contributed by atoms with E-state index in [1.807, 2.05) is 79.7 Å². The van der Waals surface area contributed by atoms with Gasteiger partial charge in [-0.1, -0.05) is 48.0 Å². The summed E-state index contributed by atoms with van der Waals surface area (Å²) in [7, 11) is 3.26.